The first-order valence-corrected chi connectivity index (χ1v) is 15.0. The Morgan fingerprint density at radius 3 is 1.95 bits per heavy atom. The van der Waals surface area contributed by atoms with Gasteiger partial charge in [0, 0.05) is 36.4 Å². The molecule has 0 unspecified atom stereocenters. The Kier molecular flexibility index (Phi) is 11.1. The fourth-order valence-corrected chi connectivity index (χ4v) is 5.58. The van der Waals surface area contributed by atoms with E-state index in [4.69, 9.17) is 10.1 Å². The van der Waals surface area contributed by atoms with Crippen LogP contribution in [0.5, 0.6) is 0 Å². The van der Waals surface area contributed by atoms with Gasteiger partial charge in [-0.1, -0.05) is 90.1 Å². The Morgan fingerprint density at radius 1 is 0.791 bits per heavy atom. The van der Waals surface area contributed by atoms with Crippen molar-refractivity contribution in [1.82, 2.24) is 4.98 Å². The zero-order chi connectivity index (χ0) is 30.7. The Labute approximate surface area is 274 Å². The number of pyridine rings is 1. The normalized spacial score (nSPS) is 11.9. The zero-order valence-corrected chi connectivity index (χ0v) is 29.4. The number of aliphatic hydroxyl groups is 1. The minimum atomic E-state index is -0.125. The van der Waals surface area contributed by atoms with E-state index in [-0.39, 0.29) is 42.5 Å². The van der Waals surface area contributed by atoms with Gasteiger partial charge in [-0.05, 0) is 70.8 Å². The summed E-state index contributed by atoms with van der Waals surface area (Å²) >= 11 is 1.77. The SMILES string of the molecule is CC(=O)/C=C(/C)O.CC(C)(C)c1cc(-c2cc3ccc(-c4[c-]ccc(-c5ccccc5)c4)nc3s2)cc(C(C)(C)C)c1.[Ir]. The van der Waals surface area contributed by atoms with Gasteiger partial charge in [-0.25, -0.2) is 0 Å². The van der Waals surface area contributed by atoms with Gasteiger partial charge in [0.15, 0.2) is 5.78 Å². The number of aromatic nitrogens is 1. The van der Waals surface area contributed by atoms with E-state index in [0.29, 0.717) is 0 Å². The summed E-state index contributed by atoms with van der Waals surface area (Å²) in [5.41, 5.74) is 8.59. The second-order valence-corrected chi connectivity index (χ2v) is 13.8. The van der Waals surface area contributed by atoms with Gasteiger partial charge < -0.3 is 5.11 Å². The minimum Gasteiger partial charge on any atom is -0.512 e. The van der Waals surface area contributed by atoms with Crippen molar-refractivity contribution >= 4 is 27.3 Å². The molecule has 3 nitrogen and oxygen atoms in total. The van der Waals surface area contributed by atoms with Crippen LogP contribution in [0.4, 0.5) is 0 Å². The monoisotopic (exact) mass is 767 g/mol. The van der Waals surface area contributed by atoms with Crippen molar-refractivity contribution in [3.05, 3.63) is 114 Å². The first kappa shape index (κ1) is 34.1. The number of hydrogen-bond acceptors (Lipinski definition) is 4. The molecule has 0 saturated carbocycles. The molecule has 5 heteroatoms. The van der Waals surface area contributed by atoms with Crippen LogP contribution in [0, 0.1) is 6.07 Å². The fourth-order valence-electron chi connectivity index (χ4n) is 4.56. The van der Waals surface area contributed by atoms with Crippen LogP contribution < -0.4 is 0 Å². The van der Waals surface area contributed by atoms with Crippen molar-refractivity contribution in [1.29, 1.82) is 0 Å². The minimum absolute atomic E-state index is 0. The third-order valence-corrected chi connectivity index (χ3v) is 8.02. The number of hydrogen-bond donors (Lipinski definition) is 1. The topological polar surface area (TPSA) is 50.2 Å². The summed E-state index contributed by atoms with van der Waals surface area (Å²) in [6.45, 7) is 16.6. The molecule has 0 aliphatic rings. The van der Waals surface area contributed by atoms with Crippen LogP contribution in [-0.2, 0) is 35.7 Å². The Morgan fingerprint density at radius 2 is 1.42 bits per heavy atom. The van der Waals surface area contributed by atoms with Crippen LogP contribution >= 0.6 is 11.3 Å². The molecule has 1 N–H and O–H groups in total. The van der Waals surface area contributed by atoms with Crippen molar-refractivity contribution in [2.24, 2.45) is 0 Å². The largest absolute Gasteiger partial charge is 0.512 e. The average Bonchev–Trinajstić information content (AvgIpc) is 3.36. The molecule has 1 radical (unpaired) electrons. The third kappa shape index (κ3) is 9.06. The van der Waals surface area contributed by atoms with Gasteiger partial charge in [-0.15, -0.1) is 46.7 Å². The number of ketones is 1. The summed E-state index contributed by atoms with van der Waals surface area (Å²) in [5, 5.41) is 9.55. The van der Waals surface area contributed by atoms with Crippen molar-refractivity contribution in [2.45, 2.75) is 66.2 Å². The number of allylic oxidation sites excluding steroid dienone is 2. The van der Waals surface area contributed by atoms with E-state index in [1.54, 1.807) is 11.3 Å². The number of aliphatic hydroxyl groups excluding tert-OH is 1. The predicted octanol–water partition coefficient (Wildman–Crippen LogP) is 10.7. The summed E-state index contributed by atoms with van der Waals surface area (Å²) < 4.78 is 0. The maximum Gasteiger partial charge on any atom is 0.155 e. The first-order valence-electron chi connectivity index (χ1n) is 14.2. The Bertz CT molecular complexity index is 1700. The van der Waals surface area contributed by atoms with Crippen molar-refractivity contribution in [3.8, 4) is 32.8 Å². The van der Waals surface area contributed by atoms with Gasteiger partial charge in [0.2, 0.25) is 0 Å². The van der Waals surface area contributed by atoms with Gasteiger partial charge in [0.05, 0.1) is 5.76 Å². The average molecular weight is 767 g/mol. The number of carbonyl (C=O) groups excluding carboxylic acids is 1. The van der Waals surface area contributed by atoms with Crippen LogP contribution in [0.3, 0.4) is 0 Å². The van der Waals surface area contributed by atoms with Gasteiger partial charge in [-0.3, -0.25) is 9.78 Å². The molecular weight excluding hydrogens is 727 g/mol. The summed E-state index contributed by atoms with van der Waals surface area (Å²) in [4.78, 5) is 17.4. The van der Waals surface area contributed by atoms with Gasteiger partial charge in [0.25, 0.3) is 0 Å². The molecule has 43 heavy (non-hydrogen) atoms. The van der Waals surface area contributed by atoms with Crippen LogP contribution in [0.25, 0.3) is 43.0 Å². The second-order valence-electron chi connectivity index (χ2n) is 12.8. The van der Waals surface area contributed by atoms with Crippen LogP contribution in [-0.4, -0.2) is 15.9 Å². The summed E-state index contributed by atoms with van der Waals surface area (Å²) in [7, 11) is 0. The molecule has 2 aromatic heterocycles. The number of rotatable bonds is 4. The molecule has 5 aromatic rings. The van der Waals surface area contributed by atoms with Crippen molar-refractivity contribution < 1.29 is 30.0 Å². The van der Waals surface area contributed by atoms with E-state index in [1.165, 1.54) is 58.0 Å². The van der Waals surface area contributed by atoms with Crippen LogP contribution in [0.1, 0.15) is 66.5 Å². The molecule has 5 rings (SSSR count). The van der Waals surface area contributed by atoms with E-state index < -0.39 is 0 Å². The molecule has 2 heterocycles. The van der Waals surface area contributed by atoms with E-state index in [9.17, 15) is 4.79 Å². The molecule has 0 atom stereocenters. The number of nitrogens with zero attached hydrogens (tertiary/aromatic N) is 1. The molecule has 225 valence electrons. The summed E-state index contributed by atoms with van der Waals surface area (Å²) in [6.07, 6.45) is 1.17. The smallest absolute Gasteiger partial charge is 0.155 e. The molecule has 0 fully saturated rings. The molecule has 0 aliphatic heterocycles. The maximum absolute atomic E-state index is 10.0. The van der Waals surface area contributed by atoms with Gasteiger partial charge in [-0.2, -0.15) is 0 Å². The molecular formula is C38H40IrNO2S-. The maximum atomic E-state index is 10.0. The second kappa shape index (κ2) is 13.9. The fraction of sp³-hybridized carbons (Fsp3) is 0.263. The summed E-state index contributed by atoms with van der Waals surface area (Å²) in [5.74, 6) is -0.0625. The van der Waals surface area contributed by atoms with E-state index in [0.717, 1.165) is 16.1 Å². The van der Waals surface area contributed by atoms with Gasteiger partial charge >= 0.3 is 0 Å². The quantitative estimate of drug-likeness (QED) is 0.113. The van der Waals surface area contributed by atoms with Crippen LogP contribution in [0.15, 0.2) is 96.8 Å². The number of carbonyl (C=O) groups is 1. The van der Waals surface area contributed by atoms with E-state index >= 15 is 0 Å². The molecule has 0 saturated heterocycles. The molecule has 0 bridgehead atoms. The van der Waals surface area contributed by atoms with Crippen molar-refractivity contribution in [3.63, 3.8) is 0 Å². The standard InChI is InChI=1S/C33H32NS.C5H8O2.Ir/c1-32(2,3)27-18-26(19-28(21-27)33(4,5)6)30-20-25-15-16-29(34-31(25)35-30)24-14-10-13-23(17-24)22-11-8-7-9-12-22;1-4(6)3-5(2)7;/h7-13,15-21H,1-6H3;3,6H,1-2H3;/q-1;;/b;4-3-;. The molecule has 0 aliphatic carbocycles. The van der Waals surface area contributed by atoms with E-state index in [1.807, 2.05) is 12.1 Å². The number of fused-ring (bicyclic) bond motifs is 1. The molecule has 3 aromatic carbocycles. The Hall–Kier alpha value is -3.37. The third-order valence-electron chi connectivity index (χ3n) is 6.93. The number of benzene rings is 3. The predicted molar refractivity (Wildman–Crippen MR) is 179 cm³/mol. The molecule has 0 spiro atoms. The zero-order valence-electron chi connectivity index (χ0n) is 26.2. The van der Waals surface area contributed by atoms with E-state index in [2.05, 4.69) is 120 Å². The Balaban J connectivity index is 0.000000567. The van der Waals surface area contributed by atoms with Gasteiger partial charge in [0.1, 0.15) is 4.83 Å². The first-order chi connectivity index (χ1) is 19.7. The number of thiophene rings is 1. The summed E-state index contributed by atoms with van der Waals surface area (Å²) in [6, 6.07) is 33.8. The van der Waals surface area contributed by atoms with Crippen LogP contribution in [0.2, 0.25) is 0 Å². The van der Waals surface area contributed by atoms with Crippen molar-refractivity contribution in [2.75, 3.05) is 0 Å². The molecule has 0 amide bonds.